The zero-order valence-corrected chi connectivity index (χ0v) is 12.3. The van der Waals surface area contributed by atoms with Crippen molar-refractivity contribution < 1.29 is 4.39 Å². The second kappa shape index (κ2) is 7.23. The van der Waals surface area contributed by atoms with Gasteiger partial charge in [0.05, 0.1) is 0 Å². The van der Waals surface area contributed by atoms with Crippen molar-refractivity contribution in [1.29, 1.82) is 0 Å². The first-order valence-corrected chi connectivity index (χ1v) is 7.27. The molecule has 2 aromatic carbocycles. The first kappa shape index (κ1) is 14.8. The third kappa shape index (κ3) is 4.80. The van der Waals surface area contributed by atoms with Gasteiger partial charge in [-0.15, -0.1) is 0 Å². The van der Waals surface area contributed by atoms with Crippen LogP contribution in [0.2, 0.25) is 0 Å². The Morgan fingerprint density at radius 3 is 1.95 bits per heavy atom. The highest BCUT2D eigenvalue weighted by Gasteiger charge is 1.98. The van der Waals surface area contributed by atoms with Crippen molar-refractivity contribution >= 4 is 0 Å². The minimum atomic E-state index is -0.160. The molecule has 0 nitrogen and oxygen atoms in total. The standard InChI is InChI=1S/C19H22F/c1-15-12-16(2)14-18(13-15)7-5-3-4-6-17-8-10-19(20)11-9-17/h3,8-14H,4-7H2,1-2H3. The van der Waals surface area contributed by atoms with Gasteiger partial charge in [-0.1, -0.05) is 41.5 Å². The van der Waals surface area contributed by atoms with E-state index in [1.165, 1.54) is 34.4 Å². The summed E-state index contributed by atoms with van der Waals surface area (Å²) >= 11 is 0. The summed E-state index contributed by atoms with van der Waals surface area (Å²) in [7, 11) is 0. The number of benzene rings is 2. The maximum atomic E-state index is 12.8. The van der Waals surface area contributed by atoms with Crippen molar-refractivity contribution in [2.24, 2.45) is 0 Å². The van der Waals surface area contributed by atoms with Crippen LogP contribution in [0.5, 0.6) is 0 Å². The second-order valence-electron chi connectivity index (χ2n) is 5.49. The molecule has 0 aliphatic rings. The van der Waals surface area contributed by atoms with Gasteiger partial charge in [0.2, 0.25) is 0 Å². The lowest BCUT2D eigenvalue weighted by atomic mass is 10.0. The molecular formula is C19H22F. The minimum Gasteiger partial charge on any atom is -0.207 e. The average molecular weight is 269 g/mol. The summed E-state index contributed by atoms with van der Waals surface area (Å²) in [6.07, 6.45) is 6.58. The van der Waals surface area contributed by atoms with Crippen molar-refractivity contribution in [3.8, 4) is 0 Å². The van der Waals surface area contributed by atoms with Gasteiger partial charge in [-0.05, 0) is 69.2 Å². The molecule has 1 heteroatoms. The van der Waals surface area contributed by atoms with E-state index in [4.69, 9.17) is 0 Å². The van der Waals surface area contributed by atoms with E-state index in [9.17, 15) is 4.39 Å². The Morgan fingerprint density at radius 2 is 1.35 bits per heavy atom. The molecule has 0 fully saturated rings. The molecule has 0 atom stereocenters. The summed E-state index contributed by atoms with van der Waals surface area (Å²) in [6.45, 7) is 4.30. The monoisotopic (exact) mass is 269 g/mol. The van der Waals surface area contributed by atoms with Gasteiger partial charge in [0.25, 0.3) is 0 Å². The summed E-state index contributed by atoms with van der Waals surface area (Å²) in [5.41, 5.74) is 5.30. The number of halogens is 1. The third-order valence-corrected chi connectivity index (χ3v) is 3.47. The van der Waals surface area contributed by atoms with Crippen LogP contribution in [0, 0.1) is 26.1 Å². The highest BCUT2D eigenvalue weighted by Crippen LogP contribution is 2.13. The molecule has 0 heterocycles. The molecule has 2 rings (SSSR count). The second-order valence-corrected chi connectivity index (χ2v) is 5.49. The van der Waals surface area contributed by atoms with Crippen LogP contribution >= 0.6 is 0 Å². The summed E-state index contributed by atoms with van der Waals surface area (Å²) < 4.78 is 12.8. The summed E-state index contributed by atoms with van der Waals surface area (Å²) in [5.74, 6) is -0.160. The topological polar surface area (TPSA) is 0 Å². The largest absolute Gasteiger partial charge is 0.207 e. The Balaban J connectivity index is 1.70. The van der Waals surface area contributed by atoms with Crippen LogP contribution < -0.4 is 0 Å². The molecular weight excluding hydrogens is 247 g/mol. The van der Waals surface area contributed by atoms with E-state index in [0.717, 1.165) is 25.7 Å². The minimum absolute atomic E-state index is 0.160. The lowest BCUT2D eigenvalue weighted by Crippen LogP contribution is -1.91. The molecule has 2 aromatic rings. The van der Waals surface area contributed by atoms with Crippen molar-refractivity contribution in [3.63, 3.8) is 0 Å². The van der Waals surface area contributed by atoms with Gasteiger partial charge in [0.1, 0.15) is 5.82 Å². The van der Waals surface area contributed by atoms with Gasteiger partial charge in [-0.2, -0.15) is 0 Å². The lowest BCUT2D eigenvalue weighted by molar-refractivity contribution is 0.627. The molecule has 1 radical (unpaired) electrons. The van der Waals surface area contributed by atoms with Crippen LogP contribution in [0.15, 0.2) is 42.5 Å². The van der Waals surface area contributed by atoms with E-state index < -0.39 is 0 Å². The molecule has 0 saturated carbocycles. The molecule has 0 amide bonds. The Bertz CT molecular complexity index is 520. The SMILES string of the molecule is Cc1cc(C)cc(CC[CH]CCc2ccc(F)cc2)c1. The molecule has 0 saturated heterocycles. The van der Waals surface area contributed by atoms with Gasteiger partial charge in [0.15, 0.2) is 0 Å². The Morgan fingerprint density at radius 1 is 0.800 bits per heavy atom. The fourth-order valence-corrected chi connectivity index (χ4v) is 2.55. The number of aryl methyl sites for hydroxylation is 4. The fraction of sp³-hybridized carbons (Fsp3) is 0.316. The van der Waals surface area contributed by atoms with Crippen LogP contribution in [0.3, 0.4) is 0 Å². The Labute approximate surface area is 121 Å². The van der Waals surface area contributed by atoms with E-state index in [1.54, 1.807) is 0 Å². The average Bonchev–Trinajstić information content (AvgIpc) is 2.39. The first-order chi connectivity index (χ1) is 9.63. The van der Waals surface area contributed by atoms with Crippen LogP contribution in [0.25, 0.3) is 0 Å². The molecule has 105 valence electrons. The summed E-state index contributed by atoms with van der Waals surface area (Å²) in [6, 6.07) is 13.5. The zero-order chi connectivity index (χ0) is 14.4. The summed E-state index contributed by atoms with van der Waals surface area (Å²) in [4.78, 5) is 0. The quantitative estimate of drug-likeness (QED) is 0.631. The molecule has 0 spiro atoms. The van der Waals surface area contributed by atoms with Crippen molar-refractivity contribution in [2.75, 3.05) is 0 Å². The normalized spacial score (nSPS) is 10.8. The lowest BCUT2D eigenvalue weighted by Gasteiger charge is -2.05. The van der Waals surface area contributed by atoms with Gasteiger partial charge in [-0.3, -0.25) is 0 Å². The molecule has 0 bridgehead atoms. The molecule has 0 aliphatic heterocycles. The van der Waals surface area contributed by atoms with E-state index >= 15 is 0 Å². The van der Waals surface area contributed by atoms with Gasteiger partial charge >= 0.3 is 0 Å². The van der Waals surface area contributed by atoms with Crippen molar-refractivity contribution in [1.82, 2.24) is 0 Å². The Kier molecular flexibility index (Phi) is 5.34. The zero-order valence-electron chi connectivity index (χ0n) is 12.3. The van der Waals surface area contributed by atoms with Crippen LogP contribution in [0.4, 0.5) is 4.39 Å². The maximum Gasteiger partial charge on any atom is 0.123 e. The highest BCUT2D eigenvalue weighted by atomic mass is 19.1. The van der Waals surface area contributed by atoms with Crippen LogP contribution in [0.1, 0.15) is 35.1 Å². The first-order valence-electron chi connectivity index (χ1n) is 7.27. The number of hydrogen-bond donors (Lipinski definition) is 0. The third-order valence-electron chi connectivity index (χ3n) is 3.47. The predicted molar refractivity (Wildman–Crippen MR) is 83.3 cm³/mol. The van der Waals surface area contributed by atoms with E-state index in [-0.39, 0.29) is 5.82 Å². The number of hydrogen-bond acceptors (Lipinski definition) is 0. The smallest absolute Gasteiger partial charge is 0.123 e. The maximum absolute atomic E-state index is 12.8. The summed E-state index contributed by atoms with van der Waals surface area (Å²) in [5, 5.41) is 0. The van der Waals surface area contributed by atoms with E-state index in [1.807, 2.05) is 12.1 Å². The number of rotatable bonds is 6. The fourth-order valence-electron chi connectivity index (χ4n) is 2.55. The highest BCUT2D eigenvalue weighted by molar-refractivity contribution is 5.28. The van der Waals surface area contributed by atoms with E-state index in [2.05, 4.69) is 38.5 Å². The predicted octanol–water partition coefficient (Wildman–Crippen LogP) is 5.21. The number of unbranched alkanes of at least 4 members (excludes halogenated alkanes) is 2. The van der Waals surface area contributed by atoms with Gasteiger partial charge < -0.3 is 0 Å². The molecule has 0 unspecified atom stereocenters. The van der Waals surface area contributed by atoms with E-state index in [0.29, 0.717) is 0 Å². The molecule has 0 N–H and O–H groups in total. The molecule has 20 heavy (non-hydrogen) atoms. The van der Waals surface area contributed by atoms with Gasteiger partial charge in [0, 0.05) is 0 Å². The van der Waals surface area contributed by atoms with Gasteiger partial charge in [-0.25, -0.2) is 4.39 Å². The van der Waals surface area contributed by atoms with Crippen LogP contribution in [-0.4, -0.2) is 0 Å². The van der Waals surface area contributed by atoms with Crippen LogP contribution in [-0.2, 0) is 12.8 Å². The molecule has 0 aliphatic carbocycles. The Hall–Kier alpha value is -1.63. The van der Waals surface area contributed by atoms with Crippen molar-refractivity contribution in [3.05, 3.63) is 77.0 Å². The van der Waals surface area contributed by atoms with Crippen molar-refractivity contribution in [2.45, 2.75) is 39.5 Å². The molecule has 0 aromatic heterocycles.